The number of aliphatic hydroxyl groups excluding tert-OH is 5. The van der Waals surface area contributed by atoms with Crippen LogP contribution >= 0.6 is 7.82 Å². The summed E-state index contributed by atoms with van der Waals surface area (Å²) in [5.41, 5.74) is 7.89. The number of phosphoric acid groups is 1. The molecule has 57 heavy (non-hydrogen) atoms. The Balaban J connectivity index is 2.04. The number of phosphoric ester groups is 1. The van der Waals surface area contributed by atoms with Gasteiger partial charge in [-0.05, 0) is 13.8 Å². The van der Waals surface area contributed by atoms with Gasteiger partial charge in [0.2, 0.25) is 17.7 Å². The standard InChI is InChI=1S/C29H49N4O23P/c1-9-16(38)17(39)14(32-10(2)36)25(50-9)52-19-12(7-35)51-26(15(18(19)40)33-11(3)37)53-20-21(55-28(31)44)29(4,45)22(23(30)41)54-27(20)56-57(46,47)49-8-13(24(42)43)48-6-5-34/h9,12-22,25-27,34-35,38-40,45H,5-8H2,1-4H3,(H2,30,41)(H2,31,44)(H,32,36)(H,33,37)(H,42,43)(H,46,47)/t9-,12-,13-,14-,15-,16-,17-,18-,19-,20-,21-,22-,25+,26+,27-,29+/m1/s1. The molecule has 0 saturated carbocycles. The summed E-state index contributed by atoms with van der Waals surface area (Å²) in [6.07, 6.45) is -26.3. The third-order valence-corrected chi connectivity index (χ3v) is 9.72. The van der Waals surface area contributed by atoms with Gasteiger partial charge in [0.05, 0.1) is 32.5 Å². The third kappa shape index (κ3) is 12.2. The lowest BCUT2D eigenvalue weighted by Crippen LogP contribution is -2.72. The molecule has 17 atom stereocenters. The van der Waals surface area contributed by atoms with E-state index in [1.165, 1.54) is 6.92 Å². The van der Waals surface area contributed by atoms with Crippen molar-refractivity contribution in [2.45, 2.75) is 125 Å². The van der Waals surface area contributed by atoms with Crippen molar-refractivity contribution in [1.29, 1.82) is 0 Å². The molecule has 0 radical (unpaired) electrons. The lowest BCUT2D eigenvalue weighted by Gasteiger charge is -2.51. The van der Waals surface area contributed by atoms with Gasteiger partial charge in [-0.25, -0.2) is 14.2 Å². The maximum atomic E-state index is 13.2. The highest BCUT2D eigenvalue weighted by molar-refractivity contribution is 7.47. The van der Waals surface area contributed by atoms with Crippen LogP contribution in [0.25, 0.3) is 0 Å². The largest absolute Gasteiger partial charge is 0.479 e. The Hall–Kier alpha value is -3.22. The first-order valence-corrected chi connectivity index (χ1v) is 18.5. The molecule has 27 nitrogen and oxygen atoms in total. The van der Waals surface area contributed by atoms with Crippen LogP contribution in [0.3, 0.4) is 0 Å². The van der Waals surface area contributed by atoms with Crippen LogP contribution in [0.4, 0.5) is 4.79 Å². The van der Waals surface area contributed by atoms with E-state index in [4.69, 9.17) is 58.8 Å². The number of amides is 4. The number of carbonyl (C=O) groups is 5. The molecule has 328 valence electrons. The van der Waals surface area contributed by atoms with Crippen molar-refractivity contribution in [2.24, 2.45) is 11.5 Å². The number of hydrogen-bond donors (Lipinski definition) is 12. The molecule has 3 aliphatic heterocycles. The lowest BCUT2D eigenvalue weighted by molar-refractivity contribution is -0.364. The summed E-state index contributed by atoms with van der Waals surface area (Å²) in [7, 11) is -5.58. The Morgan fingerprint density at radius 2 is 1.44 bits per heavy atom. The number of rotatable bonds is 18. The van der Waals surface area contributed by atoms with Crippen molar-refractivity contribution in [1.82, 2.24) is 10.6 Å². The van der Waals surface area contributed by atoms with E-state index in [1.807, 2.05) is 0 Å². The summed E-state index contributed by atoms with van der Waals surface area (Å²) in [6, 6.07) is -3.27. The zero-order chi connectivity index (χ0) is 43.2. The Kier molecular flexibility index (Phi) is 17.0. The number of aliphatic carboxylic acids is 1. The van der Waals surface area contributed by atoms with Crippen molar-refractivity contribution in [2.75, 3.05) is 26.4 Å². The highest BCUT2D eigenvalue weighted by Gasteiger charge is 2.61. The number of carboxylic acids is 1. The van der Waals surface area contributed by atoms with Crippen molar-refractivity contribution in [3.63, 3.8) is 0 Å². The summed E-state index contributed by atoms with van der Waals surface area (Å²) < 4.78 is 61.5. The Morgan fingerprint density at radius 1 is 0.877 bits per heavy atom. The van der Waals surface area contributed by atoms with Crippen LogP contribution in [0.5, 0.6) is 0 Å². The molecule has 28 heteroatoms. The predicted molar refractivity (Wildman–Crippen MR) is 177 cm³/mol. The van der Waals surface area contributed by atoms with E-state index in [0.717, 1.165) is 20.8 Å². The van der Waals surface area contributed by atoms with Crippen LogP contribution in [0.1, 0.15) is 27.7 Å². The van der Waals surface area contributed by atoms with Gasteiger partial charge < -0.3 is 95.9 Å². The van der Waals surface area contributed by atoms with Crippen LogP contribution < -0.4 is 22.1 Å². The molecule has 0 bridgehead atoms. The lowest BCUT2D eigenvalue weighted by atomic mass is 9.85. The molecule has 0 aromatic rings. The van der Waals surface area contributed by atoms with Gasteiger partial charge in [0.15, 0.2) is 43.3 Å². The molecule has 0 aromatic heterocycles. The Bertz CT molecular complexity index is 1480. The number of primary amides is 2. The average molecular weight is 853 g/mol. The van der Waals surface area contributed by atoms with E-state index in [1.54, 1.807) is 0 Å². The van der Waals surface area contributed by atoms with Gasteiger partial charge in [-0.3, -0.25) is 23.4 Å². The van der Waals surface area contributed by atoms with Gasteiger partial charge in [-0.1, -0.05) is 0 Å². The topological polar surface area (TPSA) is 423 Å². The second kappa shape index (κ2) is 20.2. The van der Waals surface area contributed by atoms with Gasteiger partial charge in [0.25, 0.3) is 0 Å². The molecule has 0 aliphatic carbocycles. The average Bonchev–Trinajstić information content (AvgIpc) is 3.09. The molecular formula is C29H49N4O23P. The molecule has 4 amide bonds. The first kappa shape index (κ1) is 48.2. The molecule has 14 N–H and O–H groups in total. The monoisotopic (exact) mass is 852 g/mol. The summed E-state index contributed by atoms with van der Waals surface area (Å²) in [5, 5.41) is 77.4. The molecule has 3 heterocycles. The van der Waals surface area contributed by atoms with E-state index in [0.29, 0.717) is 0 Å². The molecule has 3 saturated heterocycles. The van der Waals surface area contributed by atoms with Gasteiger partial charge >= 0.3 is 19.9 Å². The van der Waals surface area contributed by atoms with Crippen LogP contribution in [0.2, 0.25) is 0 Å². The zero-order valence-electron chi connectivity index (χ0n) is 30.8. The van der Waals surface area contributed by atoms with Crippen molar-refractivity contribution >= 4 is 37.6 Å². The maximum Gasteiger partial charge on any atom is 0.474 e. The highest BCUT2D eigenvalue weighted by Crippen LogP contribution is 2.48. The zero-order valence-corrected chi connectivity index (χ0v) is 31.7. The highest BCUT2D eigenvalue weighted by atomic mass is 31.2. The Morgan fingerprint density at radius 3 is 1.95 bits per heavy atom. The molecule has 3 aliphatic rings. The minimum Gasteiger partial charge on any atom is -0.479 e. The number of ether oxygens (including phenoxy) is 7. The van der Waals surface area contributed by atoms with Crippen LogP contribution in [0, 0.1) is 0 Å². The fraction of sp³-hybridized carbons (Fsp3) is 0.828. The van der Waals surface area contributed by atoms with E-state index < -0.39 is 162 Å². The minimum atomic E-state index is -5.58. The smallest absolute Gasteiger partial charge is 0.474 e. The van der Waals surface area contributed by atoms with Crippen molar-refractivity contribution < 1.29 is 111 Å². The maximum absolute atomic E-state index is 13.2. The van der Waals surface area contributed by atoms with Crippen LogP contribution in [-0.4, -0.2) is 194 Å². The van der Waals surface area contributed by atoms with E-state index in [2.05, 4.69) is 10.6 Å². The number of hydrogen-bond acceptors (Lipinski definition) is 21. The fourth-order valence-electron chi connectivity index (χ4n) is 6.15. The number of carbonyl (C=O) groups excluding carboxylic acids is 4. The second-order valence-electron chi connectivity index (χ2n) is 13.2. The predicted octanol–water partition coefficient (Wildman–Crippen LogP) is -6.67. The van der Waals surface area contributed by atoms with Gasteiger partial charge in [0, 0.05) is 13.8 Å². The van der Waals surface area contributed by atoms with E-state index in [9.17, 15) is 64.1 Å². The molecule has 0 aromatic carbocycles. The molecule has 0 spiro atoms. The van der Waals surface area contributed by atoms with E-state index >= 15 is 0 Å². The second-order valence-corrected chi connectivity index (χ2v) is 14.6. The van der Waals surface area contributed by atoms with Gasteiger partial charge in [-0.2, -0.15) is 0 Å². The Labute approximate surface area is 322 Å². The quantitative estimate of drug-likeness (QED) is 0.0570. The van der Waals surface area contributed by atoms with Crippen LogP contribution in [0.15, 0.2) is 0 Å². The fourth-order valence-corrected chi connectivity index (χ4v) is 6.97. The third-order valence-electron chi connectivity index (χ3n) is 8.77. The summed E-state index contributed by atoms with van der Waals surface area (Å²) >= 11 is 0. The van der Waals surface area contributed by atoms with Crippen molar-refractivity contribution in [3.05, 3.63) is 0 Å². The van der Waals surface area contributed by atoms with E-state index in [-0.39, 0.29) is 0 Å². The molecule has 1 unspecified atom stereocenters. The minimum absolute atomic E-state index is 0.530. The first-order chi connectivity index (χ1) is 26.4. The normalized spacial score (nSPS) is 38.6. The molecule has 3 fully saturated rings. The summed E-state index contributed by atoms with van der Waals surface area (Å²) in [5.74, 6) is -4.71. The number of nitrogens with two attached hydrogens (primary N) is 2. The van der Waals surface area contributed by atoms with Gasteiger partial charge in [-0.15, -0.1) is 0 Å². The molecule has 3 rings (SSSR count). The number of aliphatic hydroxyl groups is 6. The first-order valence-electron chi connectivity index (χ1n) is 17.0. The number of nitrogens with one attached hydrogen (secondary N) is 2. The molecular weight excluding hydrogens is 803 g/mol. The SMILES string of the molecule is CC(=O)N[C@H]1[C@H](O[C@H]2[C@@H](OP(=O)(O)OC[C@@H](OCCO)C(=O)O)O[C@H](C(N)=O)[C@@](C)(O)[C@@H]2OC(N)=O)O[C@H](CO)[C@@H](O[C@@H]2O[C@H](C)[C@@H](O)[C@H](O)[C@H]2NC(C)=O)[C@@H]1O. The summed E-state index contributed by atoms with van der Waals surface area (Å²) in [4.78, 5) is 71.0. The summed E-state index contributed by atoms with van der Waals surface area (Å²) in [6.45, 7) is 0.901. The van der Waals surface area contributed by atoms with Gasteiger partial charge in [0.1, 0.15) is 48.2 Å². The number of carboxylic acid groups (broad SMARTS) is 1. The van der Waals surface area contributed by atoms with Crippen molar-refractivity contribution in [3.8, 4) is 0 Å². The van der Waals surface area contributed by atoms with Crippen LogP contribution in [-0.2, 0) is 65.9 Å².